The summed E-state index contributed by atoms with van der Waals surface area (Å²) >= 11 is 9.34. The van der Waals surface area contributed by atoms with Crippen LogP contribution >= 0.6 is 27.5 Å². The van der Waals surface area contributed by atoms with E-state index in [0.29, 0.717) is 43.5 Å². The van der Waals surface area contributed by atoms with Gasteiger partial charge < -0.3 is 15.4 Å². The Balaban J connectivity index is 1.64. The number of fused-ring (bicyclic) bond motifs is 2. The van der Waals surface area contributed by atoms with Gasteiger partial charge in [-0.05, 0) is 64.5 Å². The fourth-order valence-corrected chi connectivity index (χ4v) is 3.35. The second-order valence-corrected chi connectivity index (χ2v) is 7.13. The average Bonchev–Trinajstić information content (AvgIpc) is 2.78. The van der Waals surface area contributed by atoms with Gasteiger partial charge in [0.25, 0.3) is 11.8 Å². The van der Waals surface area contributed by atoms with Crippen LogP contribution in [0.2, 0.25) is 5.02 Å². The molecular formula is C20H12BrClN2O3. The molecule has 0 saturated heterocycles. The fourth-order valence-electron chi connectivity index (χ4n) is 2.71. The van der Waals surface area contributed by atoms with Crippen molar-refractivity contribution in [1.82, 2.24) is 0 Å². The standard InChI is InChI=1S/C20H12BrClN2O3/c21-15-4-2-1-3-13(15)19(25)23-12-6-8-17-14(10-12)20(26)24-16-9-11(22)5-7-18(16)27-17/h1-10H,(H,23,25)(H,24,26). The summed E-state index contributed by atoms with van der Waals surface area (Å²) in [6.45, 7) is 0. The van der Waals surface area contributed by atoms with Crippen LogP contribution in [0.4, 0.5) is 11.4 Å². The summed E-state index contributed by atoms with van der Waals surface area (Å²) in [6, 6.07) is 17.0. The lowest BCUT2D eigenvalue weighted by molar-refractivity contribution is 0.101. The molecule has 1 aliphatic rings. The summed E-state index contributed by atoms with van der Waals surface area (Å²) in [7, 11) is 0. The predicted molar refractivity (Wildman–Crippen MR) is 108 cm³/mol. The molecule has 0 aliphatic carbocycles. The normalized spacial score (nSPS) is 12.1. The van der Waals surface area contributed by atoms with Crippen molar-refractivity contribution in [2.75, 3.05) is 10.6 Å². The van der Waals surface area contributed by atoms with Gasteiger partial charge in [0.15, 0.2) is 5.75 Å². The van der Waals surface area contributed by atoms with E-state index in [9.17, 15) is 9.59 Å². The third kappa shape index (κ3) is 3.54. The van der Waals surface area contributed by atoms with E-state index >= 15 is 0 Å². The Morgan fingerprint density at radius 1 is 1.04 bits per heavy atom. The predicted octanol–water partition coefficient (Wildman–Crippen LogP) is 5.71. The topological polar surface area (TPSA) is 67.4 Å². The van der Waals surface area contributed by atoms with Gasteiger partial charge in [-0.15, -0.1) is 0 Å². The van der Waals surface area contributed by atoms with Crippen LogP contribution in [-0.2, 0) is 0 Å². The summed E-state index contributed by atoms with van der Waals surface area (Å²) < 4.78 is 6.52. The zero-order chi connectivity index (χ0) is 19.0. The number of nitrogens with one attached hydrogen (secondary N) is 2. The van der Waals surface area contributed by atoms with Gasteiger partial charge in [-0.25, -0.2) is 0 Å². The highest BCUT2D eigenvalue weighted by Gasteiger charge is 2.22. The van der Waals surface area contributed by atoms with E-state index < -0.39 is 0 Å². The molecule has 2 amide bonds. The van der Waals surface area contributed by atoms with Crippen LogP contribution in [0, 0.1) is 0 Å². The molecule has 0 spiro atoms. The van der Waals surface area contributed by atoms with Crippen LogP contribution < -0.4 is 15.4 Å². The van der Waals surface area contributed by atoms with Crippen molar-refractivity contribution in [1.29, 1.82) is 0 Å². The molecule has 0 radical (unpaired) electrons. The molecule has 7 heteroatoms. The Morgan fingerprint density at radius 2 is 1.81 bits per heavy atom. The van der Waals surface area contributed by atoms with E-state index in [0.717, 1.165) is 0 Å². The summed E-state index contributed by atoms with van der Waals surface area (Å²) in [5.41, 5.74) is 1.78. The summed E-state index contributed by atoms with van der Waals surface area (Å²) in [5, 5.41) is 6.06. The lowest BCUT2D eigenvalue weighted by Gasteiger charge is -2.10. The van der Waals surface area contributed by atoms with Crippen LogP contribution in [0.5, 0.6) is 11.5 Å². The van der Waals surface area contributed by atoms with Crippen LogP contribution in [0.15, 0.2) is 65.1 Å². The molecule has 4 rings (SSSR count). The molecule has 1 heterocycles. The maximum atomic E-state index is 12.6. The summed E-state index contributed by atoms with van der Waals surface area (Å²) in [5.74, 6) is 0.263. The quantitative estimate of drug-likeness (QED) is 0.533. The smallest absolute Gasteiger partial charge is 0.259 e. The zero-order valence-electron chi connectivity index (χ0n) is 13.8. The van der Waals surface area contributed by atoms with E-state index in [-0.39, 0.29) is 11.8 Å². The highest BCUT2D eigenvalue weighted by atomic mass is 79.9. The van der Waals surface area contributed by atoms with E-state index in [1.807, 2.05) is 6.07 Å². The van der Waals surface area contributed by atoms with Crippen molar-refractivity contribution in [2.45, 2.75) is 0 Å². The molecule has 3 aromatic carbocycles. The van der Waals surface area contributed by atoms with E-state index in [4.69, 9.17) is 16.3 Å². The molecule has 0 fully saturated rings. The third-order valence-corrected chi connectivity index (χ3v) is 4.94. The molecule has 5 nitrogen and oxygen atoms in total. The zero-order valence-corrected chi connectivity index (χ0v) is 16.1. The molecule has 0 aromatic heterocycles. The van der Waals surface area contributed by atoms with Gasteiger partial charge in [-0.1, -0.05) is 23.7 Å². The fraction of sp³-hybridized carbons (Fsp3) is 0. The number of ether oxygens (including phenoxy) is 1. The number of hydrogen-bond acceptors (Lipinski definition) is 3. The molecule has 0 atom stereocenters. The Hall–Kier alpha value is -2.83. The molecule has 3 aromatic rings. The van der Waals surface area contributed by atoms with Crippen LogP contribution in [-0.4, -0.2) is 11.8 Å². The average molecular weight is 444 g/mol. The Labute approximate surface area is 168 Å². The van der Waals surface area contributed by atoms with E-state index in [1.165, 1.54) is 0 Å². The van der Waals surface area contributed by atoms with Crippen molar-refractivity contribution in [3.05, 3.63) is 81.3 Å². The first-order valence-corrected chi connectivity index (χ1v) is 9.17. The molecule has 0 saturated carbocycles. The second kappa shape index (κ2) is 7.06. The number of carbonyl (C=O) groups is 2. The van der Waals surface area contributed by atoms with Crippen molar-refractivity contribution < 1.29 is 14.3 Å². The molecule has 0 bridgehead atoms. The number of hydrogen-bond donors (Lipinski definition) is 2. The largest absolute Gasteiger partial charge is 0.454 e. The van der Waals surface area contributed by atoms with Gasteiger partial charge in [-0.2, -0.15) is 0 Å². The van der Waals surface area contributed by atoms with Gasteiger partial charge in [0, 0.05) is 15.2 Å². The van der Waals surface area contributed by atoms with E-state index in [1.54, 1.807) is 54.6 Å². The third-order valence-electron chi connectivity index (χ3n) is 4.01. The first kappa shape index (κ1) is 17.6. The molecule has 0 unspecified atom stereocenters. The lowest BCUT2D eigenvalue weighted by Crippen LogP contribution is -2.14. The van der Waals surface area contributed by atoms with Gasteiger partial charge in [0.05, 0.1) is 16.8 Å². The maximum absolute atomic E-state index is 12.6. The molecule has 27 heavy (non-hydrogen) atoms. The monoisotopic (exact) mass is 442 g/mol. The summed E-state index contributed by atoms with van der Waals surface area (Å²) in [4.78, 5) is 25.1. The first-order valence-electron chi connectivity index (χ1n) is 8.00. The number of rotatable bonds is 2. The van der Waals surface area contributed by atoms with Crippen molar-refractivity contribution in [3.63, 3.8) is 0 Å². The first-order chi connectivity index (χ1) is 13.0. The van der Waals surface area contributed by atoms with Crippen molar-refractivity contribution in [2.24, 2.45) is 0 Å². The van der Waals surface area contributed by atoms with Crippen LogP contribution in [0.3, 0.4) is 0 Å². The minimum atomic E-state index is -0.344. The number of halogens is 2. The second-order valence-electron chi connectivity index (χ2n) is 5.84. The van der Waals surface area contributed by atoms with Crippen LogP contribution in [0.1, 0.15) is 20.7 Å². The Morgan fingerprint density at radius 3 is 2.63 bits per heavy atom. The lowest BCUT2D eigenvalue weighted by atomic mass is 10.1. The van der Waals surface area contributed by atoms with Crippen molar-refractivity contribution >= 4 is 50.7 Å². The molecule has 134 valence electrons. The summed E-state index contributed by atoms with van der Waals surface area (Å²) in [6.07, 6.45) is 0. The SMILES string of the molecule is O=C(Nc1ccc2c(c1)C(=O)Nc1cc(Cl)ccc1O2)c1ccccc1Br. The highest BCUT2D eigenvalue weighted by Crippen LogP contribution is 2.38. The minimum Gasteiger partial charge on any atom is -0.454 e. The Bertz CT molecular complexity index is 1080. The number of amides is 2. The van der Waals surface area contributed by atoms with Gasteiger partial charge >= 0.3 is 0 Å². The van der Waals surface area contributed by atoms with E-state index in [2.05, 4.69) is 26.6 Å². The van der Waals surface area contributed by atoms with Crippen LogP contribution in [0.25, 0.3) is 0 Å². The molecule has 2 N–H and O–H groups in total. The maximum Gasteiger partial charge on any atom is 0.259 e. The van der Waals surface area contributed by atoms with Gasteiger partial charge in [0.1, 0.15) is 5.75 Å². The van der Waals surface area contributed by atoms with Gasteiger partial charge in [0.2, 0.25) is 0 Å². The Kier molecular flexibility index (Phi) is 4.59. The highest BCUT2D eigenvalue weighted by molar-refractivity contribution is 9.10. The number of anilines is 2. The molecule has 1 aliphatic heterocycles. The molecular weight excluding hydrogens is 432 g/mol. The minimum absolute atomic E-state index is 0.285. The van der Waals surface area contributed by atoms with Crippen molar-refractivity contribution in [3.8, 4) is 11.5 Å². The van der Waals surface area contributed by atoms with Gasteiger partial charge in [-0.3, -0.25) is 9.59 Å². The number of benzene rings is 3. The number of carbonyl (C=O) groups excluding carboxylic acids is 2.